The molecule has 1 unspecified atom stereocenters. The van der Waals surface area contributed by atoms with Crippen molar-refractivity contribution >= 4 is 0 Å². The van der Waals surface area contributed by atoms with Gasteiger partial charge in [0, 0.05) is 12.2 Å². The highest BCUT2D eigenvalue weighted by Crippen LogP contribution is 2.38. The highest BCUT2D eigenvalue weighted by atomic mass is 19.1. The van der Waals surface area contributed by atoms with Crippen LogP contribution in [0.2, 0.25) is 0 Å². The first kappa shape index (κ1) is 14.3. The Hall–Kier alpha value is -1.13. The molecule has 19 heavy (non-hydrogen) atoms. The molecule has 1 aromatic rings. The molecule has 1 N–H and O–H groups in total. The van der Waals surface area contributed by atoms with E-state index < -0.39 is 11.9 Å². The Balaban J connectivity index is 1.92. The minimum Gasteiger partial charge on any atom is -0.494 e. The van der Waals surface area contributed by atoms with E-state index in [0.717, 1.165) is 19.4 Å². The SMILES string of the molecule is CCOC1CC(CC(O)c2cccc(OC)c2F)C1. The quantitative estimate of drug-likeness (QED) is 0.861. The molecule has 0 aromatic heterocycles. The minimum atomic E-state index is -0.775. The largest absolute Gasteiger partial charge is 0.494 e. The van der Waals surface area contributed by atoms with Crippen LogP contribution in [0.5, 0.6) is 5.75 Å². The van der Waals surface area contributed by atoms with Crippen LogP contribution in [0.3, 0.4) is 0 Å². The predicted octanol–water partition coefficient (Wildman–Crippen LogP) is 3.07. The van der Waals surface area contributed by atoms with Gasteiger partial charge in [0.05, 0.1) is 19.3 Å². The van der Waals surface area contributed by atoms with Gasteiger partial charge < -0.3 is 14.6 Å². The van der Waals surface area contributed by atoms with Gasteiger partial charge in [-0.15, -0.1) is 0 Å². The molecule has 0 bridgehead atoms. The molecule has 0 radical (unpaired) electrons. The summed E-state index contributed by atoms with van der Waals surface area (Å²) in [7, 11) is 1.42. The zero-order valence-electron chi connectivity index (χ0n) is 11.4. The van der Waals surface area contributed by atoms with Crippen molar-refractivity contribution < 1.29 is 19.0 Å². The molecule has 1 fully saturated rings. The molecular formula is C15H21FO3. The maximum atomic E-state index is 14.0. The normalized spacial score (nSPS) is 23.8. The van der Waals surface area contributed by atoms with Gasteiger partial charge in [-0.2, -0.15) is 0 Å². The van der Waals surface area contributed by atoms with Gasteiger partial charge >= 0.3 is 0 Å². The van der Waals surface area contributed by atoms with Gasteiger partial charge in [-0.25, -0.2) is 4.39 Å². The first-order valence-electron chi connectivity index (χ1n) is 6.77. The molecule has 0 spiro atoms. The molecule has 1 aliphatic carbocycles. The summed E-state index contributed by atoms with van der Waals surface area (Å²) in [5, 5.41) is 10.1. The zero-order valence-corrected chi connectivity index (χ0v) is 11.4. The lowest BCUT2D eigenvalue weighted by Gasteiger charge is -2.36. The summed E-state index contributed by atoms with van der Waals surface area (Å²) in [5.74, 6) is 0.132. The molecule has 2 rings (SSSR count). The Labute approximate surface area is 113 Å². The van der Waals surface area contributed by atoms with Crippen LogP contribution in [0.1, 0.15) is 37.9 Å². The predicted molar refractivity (Wildman–Crippen MR) is 70.7 cm³/mol. The number of ether oxygens (including phenoxy) is 2. The number of benzene rings is 1. The van der Waals surface area contributed by atoms with Crippen molar-refractivity contribution in [2.24, 2.45) is 5.92 Å². The molecule has 1 atom stereocenters. The molecule has 0 aliphatic heterocycles. The third-order valence-corrected chi connectivity index (χ3v) is 3.72. The first-order valence-corrected chi connectivity index (χ1v) is 6.77. The van der Waals surface area contributed by atoms with E-state index in [1.54, 1.807) is 18.2 Å². The van der Waals surface area contributed by atoms with Gasteiger partial charge in [-0.1, -0.05) is 12.1 Å². The van der Waals surface area contributed by atoms with Gasteiger partial charge in [0.2, 0.25) is 0 Å². The van der Waals surface area contributed by atoms with Gasteiger partial charge in [0.1, 0.15) is 0 Å². The van der Waals surface area contributed by atoms with E-state index in [1.165, 1.54) is 7.11 Å². The first-order chi connectivity index (χ1) is 9.15. The smallest absolute Gasteiger partial charge is 0.170 e. The Morgan fingerprint density at radius 3 is 2.79 bits per heavy atom. The molecule has 3 nitrogen and oxygen atoms in total. The highest BCUT2D eigenvalue weighted by molar-refractivity contribution is 5.32. The highest BCUT2D eigenvalue weighted by Gasteiger charge is 2.32. The summed E-state index contributed by atoms with van der Waals surface area (Å²) in [6.45, 7) is 2.71. The molecule has 1 aromatic carbocycles. The number of hydrogen-bond acceptors (Lipinski definition) is 3. The Kier molecular flexibility index (Phi) is 4.77. The lowest BCUT2D eigenvalue weighted by atomic mass is 9.78. The second-order valence-corrected chi connectivity index (χ2v) is 5.03. The van der Waals surface area contributed by atoms with Crippen molar-refractivity contribution in [1.82, 2.24) is 0 Å². The van der Waals surface area contributed by atoms with Crippen LogP contribution in [-0.4, -0.2) is 24.9 Å². The standard InChI is InChI=1S/C15H21FO3/c1-3-19-11-7-10(8-11)9-13(17)12-5-4-6-14(18-2)15(12)16/h4-6,10-11,13,17H,3,7-9H2,1-2H3. The Morgan fingerprint density at radius 1 is 1.42 bits per heavy atom. The summed E-state index contributed by atoms with van der Waals surface area (Å²) in [4.78, 5) is 0. The monoisotopic (exact) mass is 268 g/mol. The fourth-order valence-corrected chi connectivity index (χ4v) is 2.62. The molecule has 4 heteroatoms. The molecule has 1 aliphatic rings. The van der Waals surface area contributed by atoms with E-state index in [2.05, 4.69) is 0 Å². The number of halogens is 1. The van der Waals surface area contributed by atoms with Crippen LogP contribution < -0.4 is 4.74 Å². The van der Waals surface area contributed by atoms with E-state index >= 15 is 0 Å². The van der Waals surface area contributed by atoms with Crippen molar-refractivity contribution in [2.75, 3.05) is 13.7 Å². The molecule has 0 amide bonds. The zero-order chi connectivity index (χ0) is 13.8. The third-order valence-electron chi connectivity index (χ3n) is 3.72. The summed E-state index contributed by atoms with van der Waals surface area (Å²) in [6, 6.07) is 4.87. The van der Waals surface area contributed by atoms with Crippen LogP contribution >= 0.6 is 0 Å². The van der Waals surface area contributed by atoms with Gasteiger partial charge in [0.15, 0.2) is 11.6 Å². The van der Waals surface area contributed by atoms with Gasteiger partial charge in [-0.3, -0.25) is 0 Å². The summed E-state index contributed by atoms with van der Waals surface area (Å²) < 4.78 is 24.4. The van der Waals surface area contributed by atoms with Crippen molar-refractivity contribution in [3.8, 4) is 5.75 Å². The number of hydrogen-bond donors (Lipinski definition) is 1. The fraction of sp³-hybridized carbons (Fsp3) is 0.600. The number of aliphatic hydroxyl groups is 1. The summed E-state index contributed by atoms with van der Waals surface area (Å²) >= 11 is 0. The van der Waals surface area contributed by atoms with Gasteiger partial charge in [0.25, 0.3) is 0 Å². The van der Waals surface area contributed by atoms with E-state index in [1.807, 2.05) is 6.92 Å². The van der Waals surface area contributed by atoms with Crippen LogP contribution in [0.25, 0.3) is 0 Å². The van der Waals surface area contributed by atoms with E-state index in [9.17, 15) is 9.50 Å². The third kappa shape index (κ3) is 3.25. The van der Waals surface area contributed by atoms with Crippen LogP contribution in [0.15, 0.2) is 18.2 Å². The number of methoxy groups -OCH3 is 1. The van der Waals surface area contributed by atoms with Crippen LogP contribution in [0.4, 0.5) is 4.39 Å². The summed E-state index contributed by atoms with van der Waals surface area (Å²) in [6.07, 6.45) is 2.03. The maximum absolute atomic E-state index is 14.0. The summed E-state index contributed by atoms with van der Waals surface area (Å²) in [5.41, 5.74) is 0.319. The van der Waals surface area contributed by atoms with Crippen LogP contribution in [-0.2, 0) is 4.74 Å². The molecule has 0 saturated heterocycles. The molecular weight excluding hydrogens is 247 g/mol. The second kappa shape index (κ2) is 6.35. The molecule has 1 saturated carbocycles. The van der Waals surface area contributed by atoms with Crippen molar-refractivity contribution in [3.05, 3.63) is 29.6 Å². The van der Waals surface area contributed by atoms with Crippen LogP contribution in [0, 0.1) is 11.7 Å². The molecule has 106 valence electrons. The average molecular weight is 268 g/mol. The lowest BCUT2D eigenvalue weighted by Crippen LogP contribution is -2.32. The lowest BCUT2D eigenvalue weighted by molar-refractivity contribution is -0.0382. The Bertz CT molecular complexity index is 416. The van der Waals surface area contributed by atoms with Gasteiger partial charge in [-0.05, 0) is 38.2 Å². The van der Waals surface area contributed by atoms with E-state index in [4.69, 9.17) is 9.47 Å². The topological polar surface area (TPSA) is 38.7 Å². The second-order valence-electron chi connectivity index (χ2n) is 5.03. The van der Waals surface area contributed by atoms with Crippen molar-refractivity contribution in [2.45, 2.75) is 38.4 Å². The maximum Gasteiger partial charge on any atom is 0.170 e. The average Bonchev–Trinajstić information content (AvgIpc) is 2.36. The van der Waals surface area contributed by atoms with E-state index in [-0.39, 0.29) is 5.75 Å². The van der Waals surface area contributed by atoms with Crippen molar-refractivity contribution in [3.63, 3.8) is 0 Å². The molecule has 0 heterocycles. The fourth-order valence-electron chi connectivity index (χ4n) is 2.62. The van der Waals surface area contributed by atoms with Crippen molar-refractivity contribution in [1.29, 1.82) is 0 Å². The minimum absolute atomic E-state index is 0.178. The van der Waals surface area contributed by atoms with E-state index in [0.29, 0.717) is 24.0 Å². The number of aliphatic hydroxyl groups excluding tert-OH is 1. The Morgan fingerprint density at radius 2 is 2.16 bits per heavy atom. The number of rotatable bonds is 6.